The molecule has 2 aliphatic rings. The third kappa shape index (κ3) is 6.14. The standard InChI is InChI=1S/C30H37FN4O4/c1-5-35-25(19-33-14-9-15-34(17-16-33)28(36)23-10-7-8-11-24(23)31)26(29(37)39-6-2)27(32-30(35)38)22-13-12-20(3)18-21(22)4/h7-8,10-13,18,27H,5-6,9,14-17,19H2,1-4H3,(H,32,38). The lowest BCUT2D eigenvalue weighted by molar-refractivity contribution is -0.139. The molecule has 1 fully saturated rings. The molecule has 39 heavy (non-hydrogen) atoms. The largest absolute Gasteiger partial charge is 0.463 e. The number of carbonyl (C=O) groups excluding carboxylic acids is 3. The van der Waals surface area contributed by atoms with Crippen LogP contribution in [0.2, 0.25) is 0 Å². The number of halogens is 1. The van der Waals surface area contributed by atoms with Crippen molar-refractivity contribution in [2.75, 3.05) is 45.9 Å². The lowest BCUT2D eigenvalue weighted by atomic mass is 9.90. The van der Waals surface area contributed by atoms with Crippen molar-refractivity contribution in [3.05, 3.63) is 81.8 Å². The highest BCUT2D eigenvalue weighted by molar-refractivity contribution is 5.95. The van der Waals surface area contributed by atoms with Crippen LogP contribution in [0.25, 0.3) is 0 Å². The van der Waals surface area contributed by atoms with E-state index in [-0.39, 0.29) is 24.1 Å². The van der Waals surface area contributed by atoms with E-state index in [1.165, 1.54) is 12.1 Å². The van der Waals surface area contributed by atoms with Crippen molar-refractivity contribution in [2.24, 2.45) is 0 Å². The Morgan fingerprint density at radius 3 is 2.51 bits per heavy atom. The van der Waals surface area contributed by atoms with Gasteiger partial charge in [-0.2, -0.15) is 0 Å². The van der Waals surface area contributed by atoms with Gasteiger partial charge in [0, 0.05) is 45.0 Å². The Hall–Kier alpha value is -3.72. The van der Waals surface area contributed by atoms with Gasteiger partial charge in [-0.3, -0.25) is 14.6 Å². The Balaban J connectivity index is 1.65. The Labute approximate surface area is 229 Å². The van der Waals surface area contributed by atoms with Crippen LogP contribution in [-0.4, -0.2) is 78.5 Å². The first-order chi connectivity index (χ1) is 18.7. The van der Waals surface area contributed by atoms with E-state index in [9.17, 15) is 18.8 Å². The Morgan fingerprint density at radius 2 is 1.82 bits per heavy atom. The molecule has 2 aromatic carbocycles. The van der Waals surface area contributed by atoms with Gasteiger partial charge in [-0.05, 0) is 57.4 Å². The number of nitrogens with zero attached hydrogens (tertiary/aromatic N) is 3. The average molecular weight is 537 g/mol. The molecule has 1 N–H and O–H groups in total. The fraction of sp³-hybridized carbons (Fsp3) is 0.433. The summed E-state index contributed by atoms with van der Waals surface area (Å²) in [4.78, 5) is 45.1. The van der Waals surface area contributed by atoms with Crippen LogP contribution in [0.15, 0.2) is 53.7 Å². The van der Waals surface area contributed by atoms with Gasteiger partial charge in [-0.25, -0.2) is 14.0 Å². The summed E-state index contributed by atoms with van der Waals surface area (Å²) in [6.07, 6.45) is 0.682. The molecule has 0 radical (unpaired) electrons. The van der Waals surface area contributed by atoms with E-state index in [2.05, 4.69) is 10.2 Å². The first kappa shape index (κ1) is 28.3. The Morgan fingerprint density at radius 1 is 1.05 bits per heavy atom. The maximum Gasteiger partial charge on any atom is 0.338 e. The van der Waals surface area contributed by atoms with Crippen molar-refractivity contribution in [1.82, 2.24) is 20.0 Å². The second-order valence-electron chi connectivity index (χ2n) is 9.97. The van der Waals surface area contributed by atoms with E-state index >= 15 is 0 Å². The van der Waals surface area contributed by atoms with Crippen molar-refractivity contribution >= 4 is 17.9 Å². The molecule has 0 aliphatic carbocycles. The van der Waals surface area contributed by atoms with Crippen molar-refractivity contribution in [2.45, 2.75) is 40.2 Å². The summed E-state index contributed by atoms with van der Waals surface area (Å²) in [6, 6.07) is 11.1. The van der Waals surface area contributed by atoms with E-state index < -0.39 is 17.8 Å². The SMILES string of the molecule is CCOC(=O)C1=C(CN2CCCN(C(=O)c3ccccc3F)CC2)N(CC)C(=O)NC1c1ccc(C)cc1C. The molecular weight excluding hydrogens is 499 g/mol. The molecule has 2 heterocycles. The zero-order valence-corrected chi connectivity index (χ0v) is 23.1. The highest BCUT2D eigenvalue weighted by Crippen LogP contribution is 2.34. The van der Waals surface area contributed by atoms with Crippen molar-refractivity contribution < 1.29 is 23.5 Å². The zero-order valence-electron chi connectivity index (χ0n) is 23.1. The second kappa shape index (κ2) is 12.4. The number of rotatable bonds is 7. The van der Waals surface area contributed by atoms with E-state index in [4.69, 9.17) is 4.74 Å². The monoisotopic (exact) mass is 536 g/mol. The van der Waals surface area contributed by atoms with Gasteiger partial charge in [0.15, 0.2) is 0 Å². The van der Waals surface area contributed by atoms with Crippen molar-refractivity contribution in [1.29, 1.82) is 0 Å². The minimum absolute atomic E-state index is 0.0654. The average Bonchev–Trinajstić information content (AvgIpc) is 3.14. The number of aryl methyl sites for hydroxylation is 2. The molecule has 0 saturated carbocycles. The maximum absolute atomic E-state index is 14.3. The van der Waals surface area contributed by atoms with Crippen LogP contribution in [0, 0.1) is 19.7 Å². The van der Waals surface area contributed by atoms with Crippen LogP contribution in [0.3, 0.4) is 0 Å². The van der Waals surface area contributed by atoms with Crippen molar-refractivity contribution in [3.63, 3.8) is 0 Å². The van der Waals surface area contributed by atoms with E-state index in [0.717, 1.165) is 16.7 Å². The summed E-state index contributed by atoms with van der Waals surface area (Å²) >= 11 is 0. The molecule has 0 aromatic heterocycles. The van der Waals surface area contributed by atoms with Crippen LogP contribution in [0.1, 0.15) is 53.4 Å². The molecule has 2 aromatic rings. The van der Waals surface area contributed by atoms with Gasteiger partial charge in [0.05, 0.1) is 23.8 Å². The summed E-state index contributed by atoms with van der Waals surface area (Å²) < 4.78 is 19.8. The third-order valence-corrected chi connectivity index (χ3v) is 7.34. The molecular formula is C30H37FN4O4. The predicted molar refractivity (Wildman–Crippen MR) is 147 cm³/mol. The third-order valence-electron chi connectivity index (χ3n) is 7.34. The summed E-state index contributed by atoms with van der Waals surface area (Å²) in [5.74, 6) is -1.32. The fourth-order valence-electron chi connectivity index (χ4n) is 5.39. The number of hydrogen-bond donors (Lipinski definition) is 1. The van der Waals surface area contributed by atoms with Crippen molar-refractivity contribution in [3.8, 4) is 0 Å². The summed E-state index contributed by atoms with van der Waals surface area (Å²) in [5.41, 5.74) is 4.02. The molecule has 1 atom stereocenters. The molecule has 3 amide bonds. The summed E-state index contributed by atoms with van der Waals surface area (Å²) in [7, 11) is 0. The lowest BCUT2D eigenvalue weighted by Crippen LogP contribution is -2.51. The number of esters is 1. The molecule has 4 rings (SSSR count). The van der Waals surface area contributed by atoms with Gasteiger partial charge in [0.1, 0.15) is 5.82 Å². The van der Waals surface area contributed by atoms with Gasteiger partial charge in [0.25, 0.3) is 5.91 Å². The minimum Gasteiger partial charge on any atom is -0.463 e. The molecule has 0 bridgehead atoms. The zero-order chi connectivity index (χ0) is 28.1. The number of carbonyl (C=O) groups is 3. The number of urea groups is 1. The molecule has 1 saturated heterocycles. The van der Waals surface area contributed by atoms with Crippen LogP contribution in [0.4, 0.5) is 9.18 Å². The van der Waals surface area contributed by atoms with E-state index in [1.807, 2.05) is 39.0 Å². The quantitative estimate of drug-likeness (QED) is 0.537. The van der Waals surface area contributed by atoms with E-state index in [0.29, 0.717) is 57.0 Å². The molecule has 2 aliphatic heterocycles. The van der Waals surface area contributed by atoms with Gasteiger partial charge >= 0.3 is 12.0 Å². The minimum atomic E-state index is -0.638. The fourth-order valence-corrected chi connectivity index (χ4v) is 5.39. The second-order valence-corrected chi connectivity index (χ2v) is 9.97. The number of nitrogens with one attached hydrogen (secondary N) is 1. The van der Waals surface area contributed by atoms with Crippen LogP contribution in [0.5, 0.6) is 0 Å². The van der Waals surface area contributed by atoms with Gasteiger partial charge in [-0.1, -0.05) is 35.9 Å². The summed E-state index contributed by atoms with van der Waals surface area (Å²) in [6.45, 7) is 10.6. The number of ether oxygens (including phenoxy) is 1. The number of likely N-dealkylation sites (N-methyl/N-ethyl adjacent to an activating group) is 1. The lowest BCUT2D eigenvalue weighted by Gasteiger charge is -2.38. The number of hydrogen-bond acceptors (Lipinski definition) is 5. The Kier molecular flexibility index (Phi) is 9.01. The number of benzene rings is 2. The normalized spacial score (nSPS) is 18.6. The first-order valence-electron chi connectivity index (χ1n) is 13.6. The van der Waals surface area contributed by atoms with Crippen LogP contribution in [-0.2, 0) is 9.53 Å². The maximum atomic E-state index is 14.3. The van der Waals surface area contributed by atoms with Crippen LogP contribution < -0.4 is 5.32 Å². The smallest absolute Gasteiger partial charge is 0.338 e. The molecule has 1 unspecified atom stereocenters. The van der Waals surface area contributed by atoms with Gasteiger partial charge in [-0.15, -0.1) is 0 Å². The first-order valence-corrected chi connectivity index (χ1v) is 13.6. The van der Waals surface area contributed by atoms with Gasteiger partial charge < -0.3 is 15.0 Å². The van der Waals surface area contributed by atoms with Gasteiger partial charge in [0.2, 0.25) is 0 Å². The molecule has 8 nitrogen and oxygen atoms in total. The Bertz CT molecular complexity index is 1280. The summed E-state index contributed by atoms with van der Waals surface area (Å²) in [5, 5.41) is 3.03. The highest BCUT2D eigenvalue weighted by atomic mass is 19.1. The molecule has 9 heteroatoms. The van der Waals surface area contributed by atoms with Crippen LogP contribution >= 0.6 is 0 Å². The highest BCUT2D eigenvalue weighted by Gasteiger charge is 2.39. The molecule has 208 valence electrons. The molecule has 0 spiro atoms. The van der Waals surface area contributed by atoms with E-state index in [1.54, 1.807) is 28.9 Å². The number of amides is 3. The predicted octanol–water partition coefficient (Wildman–Crippen LogP) is 4.19. The topological polar surface area (TPSA) is 82.2 Å².